The van der Waals surface area contributed by atoms with Gasteiger partial charge in [0.05, 0.1) is 6.54 Å². The molecule has 12 heavy (non-hydrogen) atoms. The van der Waals surface area contributed by atoms with Gasteiger partial charge in [0.25, 0.3) is 0 Å². The zero-order valence-corrected chi connectivity index (χ0v) is 6.66. The molecule has 0 bridgehead atoms. The van der Waals surface area contributed by atoms with Crippen molar-refractivity contribution >= 4 is 5.97 Å². The van der Waals surface area contributed by atoms with Crippen LogP contribution >= 0.6 is 0 Å². The SMILES string of the molecule is O=C(O)CNCc1ccccc1.[HH]. The van der Waals surface area contributed by atoms with Gasteiger partial charge in [0.2, 0.25) is 0 Å². The minimum Gasteiger partial charge on any atom is -0.480 e. The van der Waals surface area contributed by atoms with E-state index >= 15 is 0 Å². The zero-order chi connectivity index (χ0) is 8.81. The second-order valence-electron chi connectivity index (χ2n) is 2.48. The molecule has 0 fully saturated rings. The Morgan fingerprint density at radius 1 is 1.42 bits per heavy atom. The maximum absolute atomic E-state index is 10.1. The number of aliphatic carboxylic acids is 1. The van der Waals surface area contributed by atoms with E-state index in [0.717, 1.165) is 5.56 Å². The van der Waals surface area contributed by atoms with Crippen molar-refractivity contribution in [1.82, 2.24) is 5.32 Å². The van der Waals surface area contributed by atoms with Crippen LogP contribution < -0.4 is 5.32 Å². The van der Waals surface area contributed by atoms with Gasteiger partial charge >= 0.3 is 5.97 Å². The van der Waals surface area contributed by atoms with Crippen LogP contribution in [0.1, 0.15) is 6.99 Å². The molecule has 3 nitrogen and oxygen atoms in total. The predicted molar refractivity (Wildman–Crippen MR) is 47.9 cm³/mol. The molecule has 0 amide bonds. The number of benzene rings is 1. The third-order valence-electron chi connectivity index (χ3n) is 1.45. The Morgan fingerprint density at radius 2 is 2.08 bits per heavy atom. The highest BCUT2D eigenvalue weighted by atomic mass is 16.4. The molecule has 3 heteroatoms. The number of nitrogens with one attached hydrogen (secondary N) is 1. The molecule has 1 aromatic rings. The van der Waals surface area contributed by atoms with E-state index in [2.05, 4.69) is 5.32 Å². The smallest absolute Gasteiger partial charge is 0.317 e. The summed E-state index contributed by atoms with van der Waals surface area (Å²) in [5.41, 5.74) is 1.10. The molecule has 0 saturated heterocycles. The van der Waals surface area contributed by atoms with Crippen molar-refractivity contribution in [2.75, 3.05) is 6.54 Å². The van der Waals surface area contributed by atoms with Gasteiger partial charge in [0.15, 0.2) is 0 Å². The van der Waals surface area contributed by atoms with Gasteiger partial charge in [-0.05, 0) is 5.56 Å². The van der Waals surface area contributed by atoms with Gasteiger partial charge in [-0.2, -0.15) is 0 Å². The number of carboxylic acids is 1. The van der Waals surface area contributed by atoms with Crippen molar-refractivity contribution < 1.29 is 11.3 Å². The number of rotatable bonds is 4. The summed E-state index contributed by atoms with van der Waals surface area (Å²) in [6, 6.07) is 9.69. The van der Waals surface area contributed by atoms with Gasteiger partial charge in [-0.3, -0.25) is 4.79 Å². The monoisotopic (exact) mass is 167 g/mol. The van der Waals surface area contributed by atoms with Crippen LogP contribution in [-0.4, -0.2) is 17.6 Å². The lowest BCUT2D eigenvalue weighted by molar-refractivity contribution is -0.135. The second-order valence-corrected chi connectivity index (χ2v) is 2.48. The molecule has 0 saturated carbocycles. The van der Waals surface area contributed by atoms with E-state index < -0.39 is 5.97 Å². The van der Waals surface area contributed by atoms with Gasteiger partial charge in [-0.15, -0.1) is 0 Å². The van der Waals surface area contributed by atoms with Crippen molar-refractivity contribution in [2.24, 2.45) is 0 Å². The van der Waals surface area contributed by atoms with Gasteiger partial charge in [0, 0.05) is 7.97 Å². The summed E-state index contributed by atoms with van der Waals surface area (Å²) in [6.45, 7) is 0.613. The Bertz CT molecular complexity index is 251. The highest BCUT2D eigenvalue weighted by Gasteiger charge is 1.94. The molecule has 0 radical (unpaired) electrons. The normalized spacial score (nSPS) is 9.67. The van der Waals surface area contributed by atoms with Gasteiger partial charge in [-0.1, -0.05) is 30.3 Å². The molecule has 0 aliphatic rings. The van der Waals surface area contributed by atoms with Gasteiger partial charge in [-0.25, -0.2) is 0 Å². The summed E-state index contributed by atoms with van der Waals surface area (Å²) in [5, 5.41) is 11.1. The van der Waals surface area contributed by atoms with E-state index in [1.165, 1.54) is 0 Å². The van der Waals surface area contributed by atoms with Crippen molar-refractivity contribution in [2.45, 2.75) is 6.54 Å². The molecule has 0 atom stereocenters. The second kappa shape index (κ2) is 4.51. The standard InChI is InChI=1S/C9H11NO2.H2/c11-9(12)7-10-6-8-4-2-1-3-5-8;/h1-5,10H,6-7H2,(H,11,12);1H. The van der Waals surface area contributed by atoms with E-state index in [1.54, 1.807) is 0 Å². The molecule has 0 aliphatic carbocycles. The van der Waals surface area contributed by atoms with Crippen LogP contribution in [0, 0.1) is 0 Å². The van der Waals surface area contributed by atoms with Crippen LogP contribution in [0.15, 0.2) is 30.3 Å². The lowest BCUT2D eigenvalue weighted by Crippen LogP contribution is -2.21. The van der Waals surface area contributed by atoms with Crippen LogP contribution in [0.2, 0.25) is 0 Å². The molecule has 0 spiro atoms. The highest BCUT2D eigenvalue weighted by molar-refractivity contribution is 5.68. The Kier molecular flexibility index (Phi) is 3.29. The molecule has 1 rings (SSSR count). The Labute approximate surface area is 72.5 Å². The van der Waals surface area contributed by atoms with E-state index in [4.69, 9.17) is 5.11 Å². The van der Waals surface area contributed by atoms with E-state index in [9.17, 15) is 4.79 Å². The van der Waals surface area contributed by atoms with E-state index in [1.807, 2.05) is 30.3 Å². The fourth-order valence-corrected chi connectivity index (χ4v) is 0.910. The summed E-state index contributed by atoms with van der Waals surface area (Å²) in [7, 11) is 0. The summed E-state index contributed by atoms with van der Waals surface area (Å²) >= 11 is 0. The average molecular weight is 167 g/mol. The fraction of sp³-hybridized carbons (Fsp3) is 0.222. The molecular weight excluding hydrogens is 154 g/mol. The molecule has 0 aliphatic heterocycles. The van der Waals surface area contributed by atoms with Crippen molar-refractivity contribution in [3.05, 3.63) is 35.9 Å². The van der Waals surface area contributed by atoms with Gasteiger partial charge in [0.1, 0.15) is 0 Å². The van der Waals surface area contributed by atoms with Crippen LogP contribution in [0.4, 0.5) is 0 Å². The summed E-state index contributed by atoms with van der Waals surface area (Å²) < 4.78 is 0. The van der Waals surface area contributed by atoms with Crippen molar-refractivity contribution in [1.29, 1.82) is 0 Å². The highest BCUT2D eigenvalue weighted by Crippen LogP contribution is 1.96. The Hall–Kier alpha value is -1.35. The zero-order valence-electron chi connectivity index (χ0n) is 6.66. The number of carbonyl (C=O) groups is 1. The molecular formula is C9H13NO2. The number of hydrogen-bond acceptors (Lipinski definition) is 2. The van der Waals surface area contributed by atoms with Crippen LogP contribution in [0.3, 0.4) is 0 Å². The Balaban J connectivity index is 0.00000144. The van der Waals surface area contributed by atoms with Crippen LogP contribution in [0.5, 0.6) is 0 Å². The molecule has 1 aromatic carbocycles. The van der Waals surface area contributed by atoms with E-state index in [-0.39, 0.29) is 7.97 Å². The summed E-state index contributed by atoms with van der Waals surface area (Å²) in [5.74, 6) is -0.828. The average Bonchev–Trinajstić information content (AvgIpc) is 2.05. The molecule has 2 N–H and O–H groups in total. The quantitative estimate of drug-likeness (QED) is 0.706. The lowest BCUT2D eigenvalue weighted by atomic mass is 10.2. The van der Waals surface area contributed by atoms with Crippen molar-refractivity contribution in [3.8, 4) is 0 Å². The molecule has 0 heterocycles. The topological polar surface area (TPSA) is 49.3 Å². The summed E-state index contributed by atoms with van der Waals surface area (Å²) in [4.78, 5) is 10.1. The third-order valence-corrected chi connectivity index (χ3v) is 1.45. The van der Waals surface area contributed by atoms with E-state index in [0.29, 0.717) is 6.54 Å². The first kappa shape index (κ1) is 8.74. The lowest BCUT2D eigenvalue weighted by Gasteiger charge is -2.00. The maximum atomic E-state index is 10.1. The Morgan fingerprint density at radius 3 is 2.67 bits per heavy atom. The minimum absolute atomic E-state index is 0. The number of hydrogen-bond donors (Lipinski definition) is 2. The first-order valence-electron chi connectivity index (χ1n) is 3.75. The van der Waals surface area contributed by atoms with Crippen molar-refractivity contribution in [3.63, 3.8) is 0 Å². The molecule has 66 valence electrons. The van der Waals surface area contributed by atoms with Crippen LogP contribution in [-0.2, 0) is 11.3 Å². The fourth-order valence-electron chi connectivity index (χ4n) is 0.910. The molecule has 0 aromatic heterocycles. The first-order chi connectivity index (χ1) is 5.79. The maximum Gasteiger partial charge on any atom is 0.317 e. The molecule has 0 unspecified atom stereocenters. The first-order valence-corrected chi connectivity index (χ1v) is 3.75. The summed E-state index contributed by atoms with van der Waals surface area (Å²) in [6.07, 6.45) is 0. The largest absolute Gasteiger partial charge is 0.480 e. The van der Waals surface area contributed by atoms with Gasteiger partial charge < -0.3 is 10.4 Å². The van der Waals surface area contributed by atoms with Crippen LogP contribution in [0.25, 0.3) is 0 Å². The number of carboxylic acid groups (broad SMARTS) is 1. The minimum atomic E-state index is -0.828. The third kappa shape index (κ3) is 3.16. The predicted octanol–water partition coefficient (Wildman–Crippen LogP) is 1.11.